The summed E-state index contributed by atoms with van der Waals surface area (Å²) in [6.45, 7) is 1.40. The zero-order chi connectivity index (χ0) is 16.9. The van der Waals surface area contributed by atoms with Gasteiger partial charge in [-0.2, -0.15) is 0 Å². The van der Waals surface area contributed by atoms with Crippen LogP contribution in [0.2, 0.25) is 0 Å². The monoisotopic (exact) mass is 361 g/mol. The molecule has 130 valence electrons. The molecule has 0 aliphatic rings. The first-order valence-electron chi connectivity index (χ1n) is 7.60. The van der Waals surface area contributed by atoms with Gasteiger partial charge in [0, 0.05) is 11.1 Å². The molecule has 0 saturated carbocycles. The van der Waals surface area contributed by atoms with Crippen LogP contribution in [0.3, 0.4) is 0 Å². The lowest BCUT2D eigenvalue weighted by Crippen LogP contribution is -3.00. The van der Waals surface area contributed by atoms with Gasteiger partial charge < -0.3 is 27.2 Å². The minimum Gasteiger partial charge on any atom is -1.00 e. The third-order valence-electron chi connectivity index (χ3n) is 3.72. The molecule has 0 unspecified atom stereocenters. The van der Waals surface area contributed by atoms with E-state index >= 15 is 0 Å². The van der Waals surface area contributed by atoms with Crippen LogP contribution in [0.4, 0.5) is 4.39 Å². The minimum absolute atomic E-state index is 0. The van der Waals surface area contributed by atoms with E-state index in [1.807, 2.05) is 24.3 Å². The fourth-order valence-corrected chi connectivity index (χ4v) is 2.42. The Morgan fingerprint density at radius 3 is 2.28 bits per heavy atom. The van der Waals surface area contributed by atoms with E-state index in [0.29, 0.717) is 12.3 Å². The summed E-state index contributed by atoms with van der Waals surface area (Å²) in [4.78, 5) is 10.8. The molecule has 0 aliphatic heterocycles. The highest BCUT2D eigenvalue weighted by Crippen LogP contribution is 2.21. The largest absolute Gasteiger partial charge is 1.00 e. The molecule has 1 heterocycles. The molecule has 25 heavy (non-hydrogen) atoms. The number of halogens is 2. The predicted molar refractivity (Wildman–Crippen MR) is 86.8 cm³/mol. The van der Waals surface area contributed by atoms with Crippen LogP contribution in [0.25, 0.3) is 11.3 Å². The van der Waals surface area contributed by atoms with Crippen molar-refractivity contribution in [3.8, 4) is 11.3 Å². The predicted octanol–water partition coefficient (Wildman–Crippen LogP) is 0.0515. The zero-order valence-corrected chi connectivity index (χ0v) is 14.0. The van der Waals surface area contributed by atoms with Crippen molar-refractivity contribution in [3.05, 3.63) is 83.4 Å². The van der Waals surface area contributed by atoms with Crippen LogP contribution in [-0.2, 0) is 13.1 Å². The van der Waals surface area contributed by atoms with Crippen LogP contribution in [0.15, 0.2) is 65.1 Å². The average molecular weight is 362 g/mol. The van der Waals surface area contributed by atoms with Gasteiger partial charge in [-0.3, -0.25) is 0 Å². The molecule has 0 aliphatic carbocycles. The molecule has 0 radical (unpaired) electrons. The van der Waals surface area contributed by atoms with Gasteiger partial charge in [0.25, 0.3) is 0 Å². The summed E-state index contributed by atoms with van der Waals surface area (Å²) in [5, 5.41) is 10.9. The summed E-state index contributed by atoms with van der Waals surface area (Å²) in [5.41, 5.74) is 2.17. The highest BCUT2D eigenvalue weighted by molar-refractivity contribution is 5.87. The number of carbonyl (C=O) groups is 1. The Labute approximate surface area is 150 Å². The number of carboxylic acid groups (broad SMARTS) is 1. The number of rotatable bonds is 6. The van der Waals surface area contributed by atoms with Crippen LogP contribution in [-0.4, -0.2) is 11.1 Å². The molecule has 0 spiro atoms. The van der Waals surface area contributed by atoms with Crippen molar-refractivity contribution in [2.45, 2.75) is 13.1 Å². The number of quaternary nitrogens is 1. The van der Waals surface area contributed by atoms with Gasteiger partial charge in [-0.15, -0.1) is 0 Å². The van der Waals surface area contributed by atoms with Crippen molar-refractivity contribution in [3.63, 3.8) is 0 Å². The van der Waals surface area contributed by atoms with Crippen LogP contribution in [0, 0.1) is 5.82 Å². The molecule has 2 aromatic carbocycles. The lowest BCUT2D eigenvalue weighted by Gasteiger charge is -2.01. The maximum absolute atomic E-state index is 12.9. The number of carboxylic acids is 1. The van der Waals surface area contributed by atoms with Crippen molar-refractivity contribution in [2.24, 2.45) is 0 Å². The molecule has 3 rings (SSSR count). The smallest absolute Gasteiger partial charge is 0.335 e. The number of benzene rings is 2. The van der Waals surface area contributed by atoms with E-state index in [1.54, 1.807) is 24.3 Å². The van der Waals surface area contributed by atoms with E-state index < -0.39 is 5.97 Å². The number of hydrogen-bond acceptors (Lipinski definition) is 2. The average Bonchev–Trinajstić information content (AvgIpc) is 3.05. The van der Waals surface area contributed by atoms with Crippen LogP contribution < -0.4 is 17.7 Å². The summed E-state index contributed by atoms with van der Waals surface area (Å²) >= 11 is 0. The van der Waals surface area contributed by atoms with Gasteiger partial charge in [-0.05, 0) is 48.5 Å². The first kappa shape index (κ1) is 18.7. The zero-order valence-electron chi connectivity index (χ0n) is 13.3. The van der Waals surface area contributed by atoms with Crippen molar-refractivity contribution in [2.75, 3.05) is 0 Å². The van der Waals surface area contributed by atoms with Gasteiger partial charge >= 0.3 is 5.97 Å². The van der Waals surface area contributed by atoms with Crippen molar-refractivity contribution < 1.29 is 36.4 Å². The second-order valence-corrected chi connectivity index (χ2v) is 5.47. The topological polar surface area (TPSA) is 67.0 Å². The fraction of sp³-hybridized carbons (Fsp3) is 0.105. The van der Waals surface area contributed by atoms with Crippen LogP contribution in [0.5, 0.6) is 0 Å². The second-order valence-electron chi connectivity index (χ2n) is 5.47. The summed E-state index contributed by atoms with van der Waals surface area (Å²) < 4.78 is 18.7. The fourth-order valence-electron chi connectivity index (χ4n) is 2.42. The van der Waals surface area contributed by atoms with Crippen LogP contribution in [0.1, 0.15) is 21.7 Å². The van der Waals surface area contributed by atoms with E-state index in [4.69, 9.17) is 9.52 Å². The van der Waals surface area contributed by atoms with E-state index in [9.17, 15) is 9.18 Å². The summed E-state index contributed by atoms with van der Waals surface area (Å²) in [5.74, 6) is 0.350. The Hall–Kier alpha value is -2.63. The number of hydrogen-bond donors (Lipinski definition) is 2. The molecule has 0 atom stereocenters. The van der Waals surface area contributed by atoms with E-state index in [-0.39, 0.29) is 23.8 Å². The molecule has 0 bridgehead atoms. The first-order chi connectivity index (χ1) is 11.6. The highest BCUT2D eigenvalue weighted by atomic mass is 35.5. The number of furan rings is 1. The molecule has 0 amide bonds. The van der Waals surface area contributed by atoms with E-state index in [2.05, 4.69) is 5.32 Å². The molecule has 1 aromatic heterocycles. The SMILES string of the molecule is O=C(O)c1ccc(C[NH2+]Cc2ccc(-c3ccc(F)cc3)o2)cc1.[Cl-]. The third kappa shape index (κ3) is 4.92. The molecular formula is C19H17ClFNO3. The maximum Gasteiger partial charge on any atom is 0.335 e. The standard InChI is InChI=1S/C19H16FNO3.ClH/c20-16-7-5-14(6-8-16)18-10-9-17(24-18)12-21-11-13-1-3-15(4-2-13)19(22)23;/h1-10,21H,11-12H2,(H,22,23);1H. The Balaban J connectivity index is 0.00000225. The molecule has 4 nitrogen and oxygen atoms in total. The third-order valence-corrected chi connectivity index (χ3v) is 3.72. The Morgan fingerprint density at radius 2 is 1.64 bits per heavy atom. The van der Waals surface area contributed by atoms with Gasteiger partial charge in [-0.25, -0.2) is 9.18 Å². The molecule has 3 aromatic rings. The van der Waals surface area contributed by atoms with Gasteiger partial charge in [0.15, 0.2) is 5.76 Å². The molecule has 0 fully saturated rings. The highest BCUT2D eigenvalue weighted by Gasteiger charge is 2.07. The Morgan fingerprint density at radius 1 is 0.960 bits per heavy atom. The number of aromatic carboxylic acids is 1. The van der Waals surface area contributed by atoms with Gasteiger partial charge in [0.05, 0.1) is 5.56 Å². The normalized spacial score (nSPS) is 10.3. The van der Waals surface area contributed by atoms with Crippen molar-refractivity contribution in [1.82, 2.24) is 0 Å². The van der Waals surface area contributed by atoms with Crippen molar-refractivity contribution >= 4 is 5.97 Å². The quantitative estimate of drug-likeness (QED) is 0.652. The maximum atomic E-state index is 12.9. The first-order valence-corrected chi connectivity index (χ1v) is 7.60. The Bertz CT molecular complexity index is 829. The summed E-state index contributed by atoms with van der Waals surface area (Å²) in [7, 11) is 0. The minimum atomic E-state index is -0.922. The summed E-state index contributed by atoms with van der Waals surface area (Å²) in [6, 6.07) is 16.8. The van der Waals surface area contributed by atoms with Gasteiger partial charge in [-0.1, -0.05) is 12.1 Å². The molecule has 3 N–H and O–H groups in total. The summed E-state index contributed by atoms with van der Waals surface area (Å²) in [6.07, 6.45) is 0. The van der Waals surface area contributed by atoms with Gasteiger partial charge in [0.1, 0.15) is 24.7 Å². The van der Waals surface area contributed by atoms with Gasteiger partial charge in [0.2, 0.25) is 0 Å². The van der Waals surface area contributed by atoms with E-state index in [1.165, 1.54) is 12.1 Å². The Kier molecular flexibility index (Phi) is 6.33. The van der Waals surface area contributed by atoms with Crippen LogP contribution >= 0.6 is 0 Å². The number of nitrogens with two attached hydrogens (primary N) is 1. The molecule has 0 saturated heterocycles. The molecule has 6 heteroatoms. The van der Waals surface area contributed by atoms with Crippen molar-refractivity contribution in [1.29, 1.82) is 0 Å². The molecular weight excluding hydrogens is 345 g/mol. The second kappa shape index (κ2) is 8.46. The van der Waals surface area contributed by atoms with E-state index in [0.717, 1.165) is 23.4 Å². The lowest BCUT2D eigenvalue weighted by atomic mass is 10.1. The lowest BCUT2D eigenvalue weighted by molar-refractivity contribution is -0.687.